The summed E-state index contributed by atoms with van der Waals surface area (Å²) in [5.41, 5.74) is 7.89. The average Bonchev–Trinajstić information content (AvgIpc) is 2.66. The molecule has 126 valence electrons. The summed E-state index contributed by atoms with van der Waals surface area (Å²) in [5.74, 6) is 0.686. The zero-order valence-electron chi connectivity index (χ0n) is 14.5. The van der Waals surface area contributed by atoms with E-state index in [9.17, 15) is 4.79 Å². The van der Waals surface area contributed by atoms with Crippen molar-refractivity contribution in [2.45, 2.75) is 45.7 Å². The van der Waals surface area contributed by atoms with Gasteiger partial charge in [-0.3, -0.25) is 4.79 Å². The Morgan fingerprint density at radius 3 is 2.39 bits per heavy atom. The van der Waals surface area contributed by atoms with E-state index in [0.717, 1.165) is 55.9 Å². The SMILES string of the molecule is CCCCN(CCCC)C1=NC(N)C(=O)N(C)c2ccccc21. The number of likely N-dealkylation sites (N-methyl/N-ethyl adjacent to an activating group) is 1. The average molecular weight is 316 g/mol. The highest BCUT2D eigenvalue weighted by Gasteiger charge is 2.28. The third-order valence-electron chi connectivity index (χ3n) is 4.21. The molecule has 5 heteroatoms. The van der Waals surface area contributed by atoms with Crippen molar-refractivity contribution in [2.24, 2.45) is 10.7 Å². The van der Waals surface area contributed by atoms with Gasteiger partial charge in [0.15, 0.2) is 6.17 Å². The number of fused-ring (bicyclic) bond motifs is 1. The summed E-state index contributed by atoms with van der Waals surface area (Å²) in [6.07, 6.45) is 3.62. The minimum atomic E-state index is -0.840. The van der Waals surface area contributed by atoms with Crippen LogP contribution >= 0.6 is 0 Å². The van der Waals surface area contributed by atoms with Gasteiger partial charge in [-0.25, -0.2) is 4.99 Å². The third kappa shape index (κ3) is 3.91. The number of unbranched alkanes of at least 4 members (excludes halogenated alkanes) is 2. The molecule has 0 aliphatic carbocycles. The molecule has 0 saturated heterocycles. The van der Waals surface area contributed by atoms with Crippen LogP contribution in [-0.2, 0) is 4.79 Å². The molecule has 0 radical (unpaired) electrons. The van der Waals surface area contributed by atoms with E-state index < -0.39 is 6.17 Å². The smallest absolute Gasteiger partial charge is 0.266 e. The standard InChI is InChI=1S/C18H28N4O/c1-4-6-12-22(13-7-5-2)17-14-10-8-9-11-15(14)21(3)18(23)16(19)20-17/h8-11,16H,4-7,12-13,19H2,1-3H3. The van der Waals surface area contributed by atoms with E-state index >= 15 is 0 Å². The highest BCUT2D eigenvalue weighted by molar-refractivity contribution is 6.11. The molecule has 1 unspecified atom stereocenters. The maximum absolute atomic E-state index is 12.4. The Hall–Kier alpha value is -1.88. The minimum absolute atomic E-state index is 0.168. The molecule has 1 amide bonds. The van der Waals surface area contributed by atoms with E-state index in [0.29, 0.717) is 0 Å². The molecule has 2 rings (SSSR count). The summed E-state index contributed by atoms with van der Waals surface area (Å²) in [4.78, 5) is 20.9. The first-order valence-electron chi connectivity index (χ1n) is 8.55. The molecule has 0 fully saturated rings. The number of amidine groups is 1. The fraction of sp³-hybridized carbons (Fsp3) is 0.556. The van der Waals surface area contributed by atoms with Crippen LogP contribution in [-0.4, -0.2) is 42.9 Å². The number of anilines is 1. The zero-order chi connectivity index (χ0) is 16.8. The van der Waals surface area contributed by atoms with Crippen molar-refractivity contribution in [1.29, 1.82) is 0 Å². The third-order valence-corrected chi connectivity index (χ3v) is 4.21. The molecule has 0 saturated carbocycles. The van der Waals surface area contributed by atoms with Crippen LogP contribution in [0.3, 0.4) is 0 Å². The number of carbonyl (C=O) groups is 1. The summed E-state index contributed by atoms with van der Waals surface area (Å²) in [7, 11) is 1.77. The number of nitrogens with zero attached hydrogens (tertiary/aromatic N) is 3. The van der Waals surface area contributed by atoms with Crippen LogP contribution < -0.4 is 10.6 Å². The Morgan fingerprint density at radius 2 is 1.78 bits per heavy atom. The molecule has 23 heavy (non-hydrogen) atoms. The number of para-hydroxylation sites is 1. The van der Waals surface area contributed by atoms with Gasteiger partial charge in [-0.2, -0.15) is 0 Å². The van der Waals surface area contributed by atoms with E-state index in [1.54, 1.807) is 11.9 Å². The highest BCUT2D eigenvalue weighted by atomic mass is 16.2. The van der Waals surface area contributed by atoms with Crippen molar-refractivity contribution in [3.05, 3.63) is 29.8 Å². The minimum Gasteiger partial charge on any atom is -0.356 e. The summed E-state index contributed by atoms with van der Waals surface area (Å²) in [5, 5.41) is 0. The predicted octanol–water partition coefficient (Wildman–Crippen LogP) is 2.60. The number of aliphatic imine (C=N–C) groups is 1. The van der Waals surface area contributed by atoms with Crippen LogP contribution in [0.15, 0.2) is 29.3 Å². The monoisotopic (exact) mass is 316 g/mol. The quantitative estimate of drug-likeness (QED) is 0.877. The first-order chi connectivity index (χ1) is 11.1. The lowest BCUT2D eigenvalue weighted by Crippen LogP contribution is -2.40. The first-order valence-corrected chi connectivity index (χ1v) is 8.55. The van der Waals surface area contributed by atoms with Crippen LogP contribution in [0.4, 0.5) is 5.69 Å². The van der Waals surface area contributed by atoms with Gasteiger partial charge in [0.25, 0.3) is 5.91 Å². The van der Waals surface area contributed by atoms with Crippen molar-refractivity contribution in [3.63, 3.8) is 0 Å². The van der Waals surface area contributed by atoms with Crippen LogP contribution in [0.2, 0.25) is 0 Å². The lowest BCUT2D eigenvalue weighted by Gasteiger charge is -2.27. The largest absolute Gasteiger partial charge is 0.356 e. The van der Waals surface area contributed by atoms with E-state index in [2.05, 4.69) is 23.7 Å². The van der Waals surface area contributed by atoms with E-state index in [1.807, 2.05) is 24.3 Å². The zero-order valence-corrected chi connectivity index (χ0v) is 14.5. The number of nitrogens with two attached hydrogens (primary N) is 1. The Morgan fingerprint density at radius 1 is 1.17 bits per heavy atom. The van der Waals surface area contributed by atoms with Gasteiger partial charge >= 0.3 is 0 Å². The summed E-state index contributed by atoms with van der Waals surface area (Å²) in [6, 6.07) is 7.92. The molecule has 0 spiro atoms. The van der Waals surface area contributed by atoms with Crippen LogP contribution in [0.1, 0.15) is 45.1 Å². The van der Waals surface area contributed by atoms with Gasteiger partial charge in [-0.05, 0) is 25.0 Å². The lowest BCUT2D eigenvalue weighted by molar-refractivity contribution is -0.119. The maximum Gasteiger partial charge on any atom is 0.266 e. The molecule has 2 N–H and O–H groups in total. The van der Waals surface area contributed by atoms with Gasteiger partial charge in [0, 0.05) is 25.7 Å². The predicted molar refractivity (Wildman–Crippen MR) is 95.8 cm³/mol. The number of hydrogen-bond donors (Lipinski definition) is 1. The van der Waals surface area contributed by atoms with E-state index in [4.69, 9.17) is 5.73 Å². The van der Waals surface area contributed by atoms with E-state index in [-0.39, 0.29) is 5.91 Å². The van der Waals surface area contributed by atoms with Gasteiger partial charge < -0.3 is 15.5 Å². The molecule has 5 nitrogen and oxygen atoms in total. The summed E-state index contributed by atoms with van der Waals surface area (Å²) in [6.45, 7) is 6.25. The first kappa shape index (κ1) is 17.5. The van der Waals surface area contributed by atoms with Gasteiger partial charge in [-0.15, -0.1) is 0 Å². The Balaban J connectivity index is 2.44. The second-order valence-electron chi connectivity index (χ2n) is 6.01. The van der Waals surface area contributed by atoms with Crippen molar-refractivity contribution < 1.29 is 4.79 Å². The maximum atomic E-state index is 12.4. The van der Waals surface area contributed by atoms with Gasteiger partial charge in [0.2, 0.25) is 0 Å². The van der Waals surface area contributed by atoms with Crippen LogP contribution in [0.5, 0.6) is 0 Å². The molecule has 0 aromatic heterocycles. The number of carbonyl (C=O) groups excluding carboxylic acids is 1. The van der Waals surface area contributed by atoms with Crippen molar-refractivity contribution in [1.82, 2.24) is 4.90 Å². The lowest BCUT2D eigenvalue weighted by atomic mass is 10.1. The summed E-state index contributed by atoms with van der Waals surface area (Å²) < 4.78 is 0. The normalized spacial score (nSPS) is 17.6. The fourth-order valence-corrected chi connectivity index (χ4v) is 2.80. The number of amides is 1. The van der Waals surface area contributed by atoms with Crippen molar-refractivity contribution in [2.75, 3.05) is 25.0 Å². The second-order valence-corrected chi connectivity index (χ2v) is 6.01. The number of benzene rings is 1. The van der Waals surface area contributed by atoms with Crippen molar-refractivity contribution >= 4 is 17.4 Å². The fourth-order valence-electron chi connectivity index (χ4n) is 2.80. The molecule has 1 aliphatic heterocycles. The molecule has 1 aromatic carbocycles. The molecular formula is C18H28N4O. The number of hydrogen-bond acceptors (Lipinski definition) is 4. The molecule has 1 heterocycles. The Kier molecular flexibility index (Phi) is 6.16. The van der Waals surface area contributed by atoms with E-state index in [1.165, 1.54) is 0 Å². The highest BCUT2D eigenvalue weighted by Crippen LogP contribution is 2.25. The summed E-state index contributed by atoms with van der Waals surface area (Å²) >= 11 is 0. The topological polar surface area (TPSA) is 61.9 Å². The number of benzodiazepines with no additional fused rings is 1. The second kappa shape index (κ2) is 8.11. The molecule has 0 bridgehead atoms. The molecule has 1 aromatic rings. The Bertz CT molecular complexity index is 562. The van der Waals surface area contributed by atoms with Crippen molar-refractivity contribution in [3.8, 4) is 0 Å². The van der Waals surface area contributed by atoms with Crippen LogP contribution in [0.25, 0.3) is 0 Å². The van der Waals surface area contributed by atoms with Gasteiger partial charge in [0.1, 0.15) is 5.84 Å². The van der Waals surface area contributed by atoms with Crippen LogP contribution in [0, 0.1) is 0 Å². The van der Waals surface area contributed by atoms with Gasteiger partial charge in [0.05, 0.1) is 5.69 Å². The Labute approximate surface area is 139 Å². The molecule has 1 aliphatic rings. The number of rotatable bonds is 6. The molecular weight excluding hydrogens is 288 g/mol. The van der Waals surface area contributed by atoms with Gasteiger partial charge in [-0.1, -0.05) is 38.8 Å². The molecule has 1 atom stereocenters.